The van der Waals surface area contributed by atoms with Gasteiger partial charge < -0.3 is 16.0 Å². The summed E-state index contributed by atoms with van der Waals surface area (Å²) >= 11 is 4.24. The van der Waals surface area contributed by atoms with Crippen molar-refractivity contribution < 1.29 is 8.76 Å². The lowest BCUT2D eigenvalue weighted by molar-refractivity contribution is 0.551. The van der Waals surface area contributed by atoms with E-state index < -0.39 is 14.9 Å². The van der Waals surface area contributed by atoms with Crippen LogP contribution in [0.4, 0.5) is 0 Å². The van der Waals surface area contributed by atoms with Gasteiger partial charge in [0, 0.05) is 16.9 Å². The van der Waals surface area contributed by atoms with Crippen LogP contribution in [0.2, 0.25) is 0 Å². The van der Waals surface area contributed by atoms with Crippen molar-refractivity contribution in [2.75, 3.05) is 5.75 Å². The second-order valence-corrected chi connectivity index (χ2v) is 5.23. The quantitative estimate of drug-likeness (QED) is 0.620. The lowest BCUT2D eigenvalue weighted by Crippen LogP contribution is -2.30. The average Bonchev–Trinajstić information content (AvgIpc) is 1.59. The smallest absolute Gasteiger partial charge is 0.141 e. The van der Waals surface area contributed by atoms with Crippen LogP contribution in [0, 0.1) is 0 Å². The first-order valence-corrected chi connectivity index (χ1v) is 5.49. The van der Waals surface area contributed by atoms with Crippen LogP contribution < -0.4 is 11.5 Å². The predicted octanol–water partition coefficient (Wildman–Crippen LogP) is 0.0730. The van der Waals surface area contributed by atoms with Crippen molar-refractivity contribution in [3.8, 4) is 0 Å². The van der Waals surface area contributed by atoms with E-state index in [1.54, 1.807) is 0 Å². The van der Waals surface area contributed by atoms with Crippen LogP contribution in [0.25, 0.3) is 0 Å². The van der Waals surface area contributed by atoms with E-state index in [0.717, 1.165) is 0 Å². The van der Waals surface area contributed by atoms with Gasteiger partial charge in [0.15, 0.2) is 0 Å². The maximum Gasteiger partial charge on any atom is 0.141 e. The van der Waals surface area contributed by atoms with Crippen LogP contribution in [-0.4, -0.2) is 20.7 Å². The minimum absolute atomic E-state index is 0. The highest BCUT2D eigenvalue weighted by atomic mass is 35.5. The molecule has 0 saturated carbocycles. The first kappa shape index (κ1) is 18.6. The van der Waals surface area contributed by atoms with Gasteiger partial charge in [-0.05, 0) is 12.8 Å². The van der Waals surface area contributed by atoms with Gasteiger partial charge in [-0.25, -0.2) is 4.21 Å². The number of nitrogens with two attached hydrogens (primary N) is 2. The van der Waals surface area contributed by atoms with Gasteiger partial charge in [-0.2, -0.15) is 0 Å². The summed E-state index contributed by atoms with van der Waals surface area (Å²) in [6.45, 7) is 0. The number of hydrogen-bond acceptors (Lipinski definition) is 4. The molecule has 8 heteroatoms. The van der Waals surface area contributed by atoms with Crippen LogP contribution >= 0.6 is 24.8 Å². The van der Waals surface area contributed by atoms with Crippen molar-refractivity contribution in [3.05, 3.63) is 0 Å². The van der Waals surface area contributed by atoms with E-state index in [2.05, 4.69) is 11.2 Å². The van der Waals surface area contributed by atoms with E-state index in [4.69, 9.17) is 16.0 Å². The molecule has 78 valence electrons. The molecule has 0 amide bonds. The van der Waals surface area contributed by atoms with Gasteiger partial charge in [-0.15, -0.1) is 24.8 Å². The Balaban J connectivity index is -0.000000405. The summed E-state index contributed by atoms with van der Waals surface area (Å²) in [6, 6.07) is 0. The van der Waals surface area contributed by atoms with E-state index in [-0.39, 0.29) is 30.6 Å². The molecule has 0 aromatic carbocycles. The zero-order valence-electron chi connectivity index (χ0n) is 6.34. The molecule has 0 rings (SSSR count). The molecule has 0 spiro atoms. The highest BCUT2D eigenvalue weighted by Gasteiger charge is 2.00. The van der Waals surface area contributed by atoms with Gasteiger partial charge in [-0.1, -0.05) is 0 Å². The van der Waals surface area contributed by atoms with E-state index in [1.165, 1.54) is 0 Å². The standard InChI is InChI=1S/C4H12N2O2S2.2ClH/c5-4(6)2-1-3-10(7,8)9;;/h4H,1-3,5-6H2,(H,7,8,9);2*1H. The summed E-state index contributed by atoms with van der Waals surface area (Å²) in [4.78, 5) is 0. The minimum Gasteiger partial charge on any atom is -0.316 e. The van der Waals surface area contributed by atoms with Gasteiger partial charge in [0.05, 0.1) is 6.17 Å². The third kappa shape index (κ3) is 17.1. The molecule has 0 bridgehead atoms. The van der Waals surface area contributed by atoms with Gasteiger partial charge >= 0.3 is 0 Å². The third-order valence-corrected chi connectivity index (χ3v) is 2.24. The lowest BCUT2D eigenvalue weighted by atomic mass is 10.3. The minimum atomic E-state index is -3.00. The molecular formula is C4H14Cl2N2O2S2. The van der Waals surface area contributed by atoms with Crippen molar-refractivity contribution in [3.63, 3.8) is 0 Å². The fourth-order valence-corrected chi connectivity index (χ4v) is 1.39. The summed E-state index contributed by atoms with van der Waals surface area (Å²) in [7, 11) is -3.00. The van der Waals surface area contributed by atoms with Crippen molar-refractivity contribution in [2.24, 2.45) is 11.5 Å². The average molecular weight is 257 g/mol. The molecule has 5 N–H and O–H groups in total. The van der Waals surface area contributed by atoms with Crippen molar-refractivity contribution in [2.45, 2.75) is 19.0 Å². The summed E-state index contributed by atoms with van der Waals surface area (Å²) in [6.07, 6.45) is 0.641. The Morgan fingerprint density at radius 2 is 1.83 bits per heavy atom. The zero-order chi connectivity index (χ0) is 8.20. The Kier molecular flexibility index (Phi) is 13.1. The van der Waals surface area contributed by atoms with E-state index >= 15 is 0 Å². The molecule has 0 aliphatic rings. The fourth-order valence-electron chi connectivity index (χ4n) is 0.501. The molecule has 1 atom stereocenters. The first-order chi connectivity index (χ1) is 4.42. The zero-order valence-corrected chi connectivity index (χ0v) is 9.61. The molecule has 4 nitrogen and oxygen atoms in total. The molecule has 0 radical (unpaired) electrons. The van der Waals surface area contributed by atoms with E-state index in [1.807, 2.05) is 0 Å². The van der Waals surface area contributed by atoms with Gasteiger partial charge in [0.2, 0.25) is 0 Å². The summed E-state index contributed by atoms with van der Waals surface area (Å²) in [5.74, 6) is 0.104. The number of rotatable bonds is 4. The van der Waals surface area contributed by atoms with Gasteiger partial charge in [0.1, 0.15) is 8.77 Å². The maximum atomic E-state index is 10.5. The van der Waals surface area contributed by atoms with Crippen LogP contribution in [0.5, 0.6) is 0 Å². The molecule has 0 aliphatic carbocycles. The van der Waals surface area contributed by atoms with Crippen LogP contribution in [0.1, 0.15) is 12.8 Å². The Hall–Kier alpha value is 0.830. The monoisotopic (exact) mass is 256 g/mol. The topological polar surface area (TPSA) is 89.3 Å². The lowest BCUT2D eigenvalue weighted by Gasteiger charge is -2.02. The third-order valence-electron chi connectivity index (χ3n) is 0.940. The SMILES string of the molecule is Cl.Cl.NC(N)CCCS(=O)(O)=S. The first-order valence-electron chi connectivity index (χ1n) is 2.88. The Morgan fingerprint density at radius 3 is 2.08 bits per heavy atom. The maximum absolute atomic E-state index is 10.5. The Bertz CT molecular complexity index is 183. The van der Waals surface area contributed by atoms with Crippen LogP contribution in [-0.2, 0) is 20.0 Å². The highest BCUT2D eigenvalue weighted by molar-refractivity contribution is 8.29. The second-order valence-electron chi connectivity index (χ2n) is 2.09. The fraction of sp³-hybridized carbons (Fsp3) is 1.00. The predicted molar refractivity (Wildman–Crippen MR) is 58.9 cm³/mol. The number of halogens is 2. The molecule has 0 aromatic rings. The number of hydrogen-bond donors (Lipinski definition) is 3. The molecule has 1 unspecified atom stereocenters. The summed E-state index contributed by atoms with van der Waals surface area (Å²) in [5.41, 5.74) is 10.4. The largest absolute Gasteiger partial charge is 0.316 e. The van der Waals surface area contributed by atoms with Crippen LogP contribution in [0.3, 0.4) is 0 Å². The van der Waals surface area contributed by atoms with Crippen molar-refractivity contribution >= 4 is 44.8 Å². The van der Waals surface area contributed by atoms with E-state index in [0.29, 0.717) is 12.8 Å². The molecule has 0 fully saturated rings. The van der Waals surface area contributed by atoms with E-state index in [9.17, 15) is 4.21 Å². The van der Waals surface area contributed by atoms with Crippen molar-refractivity contribution in [1.82, 2.24) is 0 Å². The normalized spacial score (nSPS) is 14.3. The molecule has 0 saturated heterocycles. The second kappa shape index (κ2) is 8.43. The Morgan fingerprint density at radius 1 is 1.42 bits per heavy atom. The highest BCUT2D eigenvalue weighted by Crippen LogP contribution is 1.94. The molecule has 0 heterocycles. The van der Waals surface area contributed by atoms with Crippen LogP contribution in [0.15, 0.2) is 0 Å². The van der Waals surface area contributed by atoms with Gasteiger partial charge in [-0.3, -0.25) is 0 Å². The molecular weight excluding hydrogens is 243 g/mol. The van der Waals surface area contributed by atoms with Gasteiger partial charge in [0.25, 0.3) is 0 Å². The Labute approximate surface area is 89.8 Å². The molecule has 0 aromatic heterocycles. The van der Waals surface area contributed by atoms with Crippen molar-refractivity contribution in [1.29, 1.82) is 0 Å². The molecule has 0 aliphatic heterocycles. The summed E-state index contributed by atoms with van der Waals surface area (Å²) in [5, 5.41) is 0. The summed E-state index contributed by atoms with van der Waals surface area (Å²) < 4.78 is 19.0. The molecule has 12 heavy (non-hydrogen) atoms.